The molecule has 2 rings (SSSR count). The molecule has 0 N–H and O–H groups in total. The summed E-state index contributed by atoms with van der Waals surface area (Å²) in [7, 11) is 0. The summed E-state index contributed by atoms with van der Waals surface area (Å²) in [6.07, 6.45) is 9.99. The molecule has 0 aromatic heterocycles. The van der Waals surface area contributed by atoms with E-state index in [1.165, 1.54) is 42.9 Å². The molecular weight excluding hydrogens is 468 g/mol. The fraction of sp³-hybridized carbons (Fsp3) is 0.743. The van der Waals surface area contributed by atoms with Crippen LogP contribution in [0, 0.1) is 30.6 Å². The number of carbonyl (C=O) groups excluding carboxylic acids is 3. The second-order valence-corrected chi connectivity index (χ2v) is 13.0. The molecular formula is C35H58O3. The number of carbonyl (C=O) groups is 3. The van der Waals surface area contributed by atoms with Gasteiger partial charge in [-0.05, 0) is 79.4 Å². The first-order chi connectivity index (χ1) is 17.8. The first-order valence-corrected chi connectivity index (χ1v) is 15.5. The van der Waals surface area contributed by atoms with Crippen molar-refractivity contribution in [2.24, 2.45) is 23.7 Å². The van der Waals surface area contributed by atoms with Crippen molar-refractivity contribution in [1.82, 2.24) is 0 Å². The zero-order valence-corrected chi connectivity index (χ0v) is 26.5. The number of fused-ring (bicyclic) bond motifs is 1. The predicted octanol–water partition coefficient (Wildman–Crippen LogP) is 9.64. The minimum atomic E-state index is -0.0777. The average molecular weight is 527 g/mol. The Kier molecular flexibility index (Phi) is 14.7. The van der Waals surface area contributed by atoms with Crippen LogP contribution >= 0.6 is 0 Å². The van der Waals surface area contributed by atoms with Crippen LogP contribution in [0.4, 0.5) is 0 Å². The summed E-state index contributed by atoms with van der Waals surface area (Å²) in [5, 5.41) is 0. The lowest BCUT2D eigenvalue weighted by molar-refractivity contribution is -0.129. The fourth-order valence-electron chi connectivity index (χ4n) is 6.54. The molecule has 0 saturated carbocycles. The van der Waals surface area contributed by atoms with Gasteiger partial charge in [-0.3, -0.25) is 14.4 Å². The highest BCUT2D eigenvalue weighted by Crippen LogP contribution is 2.40. The van der Waals surface area contributed by atoms with Gasteiger partial charge in [-0.2, -0.15) is 0 Å². The molecule has 0 bridgehead atoms. The molecule has 1 aliphatic rings. The molecule has 0 spiro atoms. The molecule has 0 fully saturated rings. The lowest BCUT2D eigenvalue weighted by atomic mass is 9.70. The van der Waals surface area contributed by atoms with E-state index in [0.717, 1.165) is 50.0 Å². The summed E-state index contributed by atoms with van der Waals surface area (Å²) < 4.78 is 0. The largest absolute Gasteiger partial charge is 0.300 e. The molecule has 0 aliphatic heterocycles. The van der Waals surface area contributed by atoms with Gasteiger partial charge in [-0.15, -0.1) is 0 Å². The summed E-state index contributed by atoms with van der Waals surface area (Å²) in [6, 6.07) is 4.48. The molecule has 38 heavy (non-hydrogen) atoms. The number of hydrogen-bond donors (Lipinski definition) is 0. The molecule has 0 saturated heterocycles. The molecule has 1 aliphatic carbocycles. The van der Waals surface area contributed by atoms with Gasteiger partial charge in [-0.25, -0.2) is 0 Å². The van der Waals surface area contributed by atoms with E-state index in [-0.39, 0.29) is 46.9 Å². The van der Waals surface area contributed by atoms with Crippen molar-refractivity contribution in [1.29, 1.82) is 0 Å². The standard InChI is InChI=1S/C32H50O3.C3H8/c1-9-12-25(27(10-2)29(34)17-22(5)33)18-24-19-26-14-15-28(23(6)31(26)30(35)20-24)32(7,8)16-11-13-21(3)4;1-3-2/h14-15,21,24-25,27H,9-13,16-20H2,1-8H3;3H2,1-2H3. The Morgan fingerprint density at radius 1 is 1.03 bits per heavy atom. The molecule has 0 heterocycles. The van der Waals surface area contributed by atoms with Crippen LogP contribution in [0.15, 0.2) is 12.1 Å². The second kappa shape index (κ2) is 16.4. The van der Waals surface area contributed by atoms with Crippen molar-refractivity contribution in [2.75, 3.05) is 0 Å². The van der Waals surface area contributed by atoms with E-state index < -0.39 is 0 Å². The highest BCUT2D eigenvalue weighted by atomic mass is 16.1. The van der Waals surface area contributed by atoms with Gasteiger partial charge in [-0.1, -0.05) is 99.6 Å². The van der Waals surface area contributed by atoms with E-state index in [1.807, 2.05) is 0 Å². The first kappa shape index (κ1) is 34.3. The second-order valence-electron chi connectivity index (χ2n) is 13.0. The number of rotatable bonds is 14. The number of hydrogen-bond acceptors (Lipinski definition) is 3. The maximum absolute atomic E-state index is 13.4. The van der Waals surface area contributed by atoms with Gasteiger partial charge in [0.05, 0.1) is 6.42 Å². The summed E-state index contributed by atoms with van der Waals surface area (Å²) in [6.45, 7) is 21.3. The minimum absolute atomic E-state index is 0.0417. The third kappa shape index (κ3) is 10.1. The van der Waals surface area contributed by atoms with E-state index >= 15 is 0 Å². The van der Waals surface area contributed by atoms with E-state index in [1.54, 1.807) is 0 Å². The third-order valence-electron chi connectivity index (χ3n) is 8.27. The number of Topliss-reactive ketones (excluding diaryl/α,β-unsaturated/α-hetero) is 3. The summed E-state index contributed by atoms with van der Waals surface area (Å²) in [5.41, 5.74) is 4.69. The van der Waals surface area contributed by atoms with Gasteiger partial charge in [0, 0.05) is 17.9 Å². The van der Waals surface area contributed by atoms with Crippen molar-refractivity contribution in [3.05, 3.63) is 34.4 Å². The zero-order chi connectivity index (χ0) is 29.0. The van der Waals surface area contributed by atoms with Crippen molar-refractivity contribution < 1.29 is 14.4 Å². The van der Waals surface area contributed by atoms with E-state index in [0.29, 0.717) is 6.42 Å². The average Bonchev–Trinajstić information content (AvgIpc) is 2.79. The van der Waals surface area contributed by atoms with Crippen LogP contribution in [0.5, 0.6) is 0 Å². The Bertz CT molecular complexity index is 908. The molecule has 216 valence electrons. The molecule has 3 heteroatoms. The van der Waals surface area contributed by atoms with Gasteiger partial charge in [0.1, 0.15) is 11.6 Å². The molecule has 1 aromatic carbocycles. The summed E-state index contributed by atoms with van der Waals surface area (Å²) >= 11 is 0. The minimum Gasteiger partial charge on any atom is -0.300 e. The van der Waals surface area contributed by atoms with Gasteiger partial charge < -0.3 is 0 Å². The van der Waals surface area contributed by atoms with Gasteiger partial charge in [0.25, 0.3) is 0 Å². The summed E-state index contributed by atoms with van der Waals surface area (Å²) in [5.74, 6) is 1.46. The highest BCUT2D eigenvalue weighted by molar-refractivity contribution is 6.00. The van der Waals surface area contributed by atoms with Crippen molar-refractivity contribution in [2.45, 2.75) is 145 Å². The number of ketones is 3. The Morgan fingerprint density at radius 3 is 2.18 bits per heavy atom. The molecule has 3 atom stereocenters. The van der Waals surface area contributed by atoms with Crippen LogP contribution in [-0.4, -0.2) is 17.3 Å². The maximum atomic E-state index is 13.4. The quantitative estimate of drug-likeness (QED) is 0.227. The molecule has 0 amide bonds. The van der Waals surface area contributed by atoms with Gasteiger partial charge >= 0.3 is 0 Å². The normalized spacial score (nSPS) is 16.9. The van der Waals surface area contributed by atoms with Crippen molar-refractivity contribution >= 4 is 17.3 Å². The van der Waals surface area contributed by atoms with E-state index in [4.69, 9.17) is 0 Å². The van der Waals surface area contributed by atoms with Gasteiger partial charge in [0.2, 0.25) is 0 Å². The molecule has 3 unspecified atom stereocenters. The summed E-state index contributed by atoms with van der Waals surface area (Å²) in [4.78, 5) is 37.8. The van der Waals surface area contributed by atoms with E-state index in [9.17, 15) is 14.4 Å². The topological polar surface area (TPSA) is 51.2 Å². The lowest BCUT2D eigenvalue weighted by Crippen LogP contribution is -2.30. The molecule has 3 nitrogen and oxygen atoms in total. The van der Waals surface area contributed by atoms with Crippen LogP contribution in [0.25, 0.3) is 0 Å². The van der Waals surface area contributed by atoms with Crippen LogP contribution in [-0.2, 0) is 21.4 Å². The first-order valence-electron chi connectivity index (χ1n) is 15.5. The Morgan fingerprint density at radius 2 is 1.66 bits per heavy atom. The van der Waals surface area contributed by atoms with Crippen molar-refractivity contribution in [3.8, 4) is 0 Å². The highest BCUT2D eigenvalue weighted by Gasteiger charge is 2.34. The van der Waals surface area contributed by atoms with Crippen LogP contribution in [0.3, 0.4) is 0 Å². The smallest absolute Gasteiger partial charge is 0.163 e. The third-order valence-corrected chi connectivity index (χ3v) is 8.27. The van der Waals surface area contributed by atoms with Crippen LogP contribution in [0.2, 0.25) is 0 Å². The van der Waals surface area contributed by atoms with Crippen LogP contribution in [0.1, 0.15) is 154 Å². The lowest BCUT2D eigenvalue weighted by Gasteiger charge is -2.34. The van der Waals surface area contributed by atoms with E-state index in [2.05, 4.69) is 74.4 Å². The van der Waals surface area contributed by atoms with Gasteiger partial charge in [0.15, 0.2) is 5.78 Å². The number of benzene rings is 1. The monoisotopic (exact) mass is 526 g/mol. The van der Waals surface area contributed by atoms with Crippen molar-refractivity contribution in [3.63, 3.8) is 0 Å². The molecule has 0 radical (unpaired) electrons. The zero-order valence-electron chi connectivity index (χ0n) is 26.5. The Balaban J connectivity index is 0.00000229. The van der Waals surface area contributed by atoms with Crippen LogP contribution < -0.4 is 0 Å². The fourth-order valence-corrected chi connectivity index (χ4v) is 6.54. The predicted molar refractivity (Wildman–Crippen MR) is 162 cm³/mol. The Labute approximate surface area is 234 Å². The SMILES string of the molecule is CCC.CCCC(CC1CC(=O)c2c(ccc(C(C)(C)CCCC(C)C)c2C)C1)C(CC)C(=O)CC(C)=O. The maximum Gasteiger partial charge on any atom is 0.163 e. The Hall–Kier alpha value is -1.77. The molecule has 1 aromatic rings.